The van der Waals surface area contributed by atoms with Crippen molar-refractivity contribution < 1.29 is 25.3 Å². The molecule has 0 N–H and O–H groups in total. The van der Waals surface area contributed by atoms with E-state index >= 15 is 0 Å². The first-order valence-electron chi connectivity index (χ1n) is 11.7. The quantitative estimate of drug-likeness (QED) is 0.424. The van der Waals surface area contributed by atoms with Gasteiger partial charge in [0.15, 0.2) is 0 Å². The Morgan fingerprint density at radius 3 is 0.718 bits per heavy atom. The summed E-state index contributed by atoms with van der Waals surface area (Å²) in [4.78, 5) is -0.179. The van der Waals surface area contributed by atoms with Gasteiger partial charge in [-0.25, -0.2) is 38.2 Å². The molecule has 39 heavy (non-hydrogen) atoms. The van der Waals surface area contributed by atoms with Crippen LogP contribution in [0.5, 0.6) is 0 Å². The highest BCUT2D eigenvalue weighted by Crippen LogP contribution is 2.24. The lowest BCUT2D eigenvalue weighted by Crippen LogP contribution is -2.24. The smallest absolute Gasteiger partial charge is 0.246 e. The van der Waals surface area contributed by atoms with Crippen molar-refractivity contribution in [3.05, 3.63) is 127 Å². The maximum Gasteiger partial charge on any atom is 0.267 e. The Morgan fingerprint density at radius 2 is 0.538 bits per heavy atom. The summed E-state index contributed by atoms with van der Waals surface area (Å²) in [7, 11) is -12.7. The molecular weight excluding hydrogens is 559 g/mol. The molecule has 0 radical (unpaired) electrons. The molecular formula is C27H27N3O6S3. The molecule has 0 saturated heterocycles. The fourth-order valence-corrected chi connectivity index (χ4v) is 6.98. The zero-order chi connectivity index (χ0) is 28.4. The van der Waals surface area contributed by atoms with Crippen molar-refractivity contribution in [1.82, 2.24) is 12.9 Å². The third kappa shape index (κ3) is 5.92. The number of sulfonamides is 3. The third-order valence-corrected chi connectivity index (χ3v) is 10.9. The van der Waals surface area contributed by atoms with Gasteiger partial charge in [0.1, 0.15) is 0 Å². The average molecular weight is 586 g/mol. The standard InChI is InChI=1S/C27H27N3O6S3/c1-22-4-10-25(11-5-22)37(31,32)28-16-18-29(38(33,34)26-12-6-23(2)7-13-26)20-21-30(19-17-28)39(35,36)27-14-8-24(3)9-15-27/h4-21H,1-3H3/b18-16-,19-17-,21-20-. The molecule has 0 aromatic heterocycles. The van der Waals surface area contributed by atoms with Gasteiger partial charge in [0, 0.05) is 37.2 Å². The van der Waals surface area contributed by atoms with Gasteiger partial charge in [0.05, 0.1) is 14.7 Å². The maximum absolute atomic E-state index is 13.5. The van der Waals surface area contributed by atoms with Crippen LogP contribution in [0.15, 0.2) is 125 Å². The third-order valence-electron chi connectivity index (χ3n) is 5.87. The summed E-state index contributed by atoms with van der Waals surface area (Å²) in [5.74, 6) is 0. The molecule has 0 amide bonds. The molecule has 9 nitrogen and oxygen atoms in total. The molecule has 0 unspecified atom stereocenters. The van der Waals surface area contributed by atoms with Gasteiger partial charge in [-0.1, -0.05) is 53.1 Å². The van der Waals surface area contributed by atoms with Crippen molar-refractivity contribution in [2.45, 2.75) is 35.5 Å². The first-order chi connectivity index (χ1) is 18.3. The van der Waals surface area contributed by atoms with Crippen LogP contribution in [0.2, 0.25) is 0 Å². The number of hydrogen-bond donors (Lipinski definition) is 0. The van der Waals surface area contributed by atoms with Gasteiger partial charge in [0.2, 0.25) is 0 Å². The Bertz CT molecular complexity index is 1530. The predicted molar refractivity (Wildman–Crippen MR) is 148 cm³/mol. The first kappa shape index (κ1) is 28.1. The molecule has 204 valence electrons. The van der Waals surface area contributed by atoms with Crippen molar-refractivity contribution in [3.8, 4) is 0 Å². The van der Waals surface area contributed by atoms with Crippen LogP contribution in [0.1, 0.15) is 16.7 Å². The molecule has 0 fully saturated rings. The van der Waals surface area contributed by atoms with E-state index < -0.39 is 30.1 Å². The molecule has 0 aliphatic carbocycles. The van der Waals surface area contributed by atoms with E-state index in [9.17, 15) is 25.3 Å². The monoisotopic (exact) mass is 585 g/mol. The van der Waals surface area contributed by atoms with Gasteiger partial charge in [0.25, 0.3) is 30.1 Å². The molecule has 0 saturated carbocycles. The van der Waals surface area contributed by atoms with Gasteiger partial charge in [-0.05, 0) is 57.2 Å². The van der Waals surface area contributed by atoms with E-state index in [1.807, 2.05) is 20.8 Å². The lowest BCUT2D eigenvalue weighted by Gasteiger charge is -2.19. The zero-order valence-corrected chi connectivity index (χ0v) is 23.9. The van der Waals surface area contributed by atoms with E-state index in [1.54, 1.807) is 36.4 Å². The highest BCUT2D eigenvalue weighted by atomic mass is 32.2. The van der Waals surface area contributed by atoms with E-state index in [2.05, 4.69) is 0 Å². The van der Waals surface area contributed by atoms with Gasteiger partial charge in [-0.3, -0.25) is 0 Å². The van der Waals surface area contributed by atoms with Crippen molar-refractivity contribution in [2.24, 2.45) is 0 Å². The Kier molecular flexibility index (Phi) is 7.73. The molecule has 1 aliphatic rings. The van der Waals surface area contributed by atoms with Crippen LogP contribution in [-0.2, 0) is 30.1 Å². The molecule has 12 heteroatoms. The number of nitrogens with zero attached hydrogens (tertiary/aromatic N) is 3. The summed E-state index contributed by atoms with van der Waals surface area (Å²) in [6.45, 7) is 5.43. The molecule has 3 aromatic carbocycles. The molecule has 1 aliphatic heterocycles. The summed E-state index contributed by atoms with van der Waals surface area (Å²) in [5.41, 5.74) is 2.54. The fourth-order valence-electron chi connectivity index (χ4n) is 3.52. The van der Waals surface area contributed by atoms with Gasteiger partial charge in [-0.15, -0.1) is 0 Å². The lowest BCUT2D eigenvalue weighted by molar-refractivity contribution is 0.540. The van der Waals surface area contributed by atoms with Crippen molar-refractivity contribution in [3.63, 3.8) is 0 Å². The van der Waals surface area contributed by atoms with E-state index in [1.165, 1.54) is 36.4 Å². The SMILES string of the molecule is Cc1ccc(S(=O)(=O)N2/C=C\N(S(=O)(=O)c3ccc(C)cc3)/C=C\N(S(=O)(=O)c3ccc(C)cc3)/C=C\2)cc1. The van der Waals surface area contributed by atoms with Crippen LogP contribution in [0.4, 0.5) is 0 Å². The van der Waals surface area contributed by atoms with Crippen LogP contribution in [0, 0.1) is 20.8 Å². The summed E-state index contributed by atoms with van der Waals surface area (Å²) < 4.78 is 83.1. The fraction of sp³-hybridized carbons (Fsp3) is 0.111. The summed E-state index contributed by atoms with van der Waals surface area (Å²) in [6, 6.07) is 18.2. The summed E-state index contributed by atoms with van der Waals surface area (Å²) >= 11 is 0. The van der Waals surface area contributed by atoms with E-state index in [-0.39, 0.29) is 14.7 Å². The molecule has 1 heterocycles. The number of rotatable bonds is 6. The Hall–Kier alpha value is -3.87. The minimum atomic E-state index is -4.22. The van der Waals surface area contributed by atoms with Crippen LogP contribution in [0.25, 0.3) is 0 Å². The van der Waals surface area contributed by atoms with Crippen LogP contribution < -0.4 is 0 Å². The second-order valence-electron chi connectivity index (χ2n) is 8.84. The normalized spacial score (nSPS) is 17.2. The van der Waals surface area contributed by atoms with Gasteiger partial charge >= 0.3 is 0 Å². The minimum absolute atomic E-state index is 0.0597. The van der Waals surface area contributed by atoms with E-state index in [4.69, 9.17) is 0 Å². The van der Waals surface area contributed by atoms with Crippen molar-refractivity contribution in [1.29, 1.82) is 0 Å². The predicted octanol–water partition coefficient (Wildman–Crippen LogP) is 4.41. The zero-order valence-electron chi connectivity index (χ0n) is 21.4. The van der Waals surface area contributed by atoms with Gasteiger partial charge < -0.3 is 0 Å². The topological polar surface area (TPSA) is 112 Å². The maximum atomic E-state index is 13.5. The lowest BCUT2D eigenvalue weighted by atomic mass is 10.2. The van der Waals surface area contributed by atoms with Crippen LogP contribution in [-0.4, -0.2) is 38.2 Å². The molecule has 3 aromatic rings. The number of aryl methyl sites for hydroxylation is 3. The average Bonchev–Trinajstić information content (AvgIpc) is 3.01. The minimum Gasteiger partial charge on any atom is -0.246 e. The highest BCUT2D eigenvalue weighted by Gasteiger charge is 2.26. The second-order valence-corrected chi connectivity index (χ2v) is 14.4. The molecule has 0 bridgehead atoms. The number of benzene rings is 3. The van der Waals surface area contributed by atoms with E-state index in [0.29, 0.717) is 0 Å². The van der Waals surface area contributed by atoms with Crippen molar-refractivity contribution in [2.75, 3.05) is 0 Å². The summed E-state index contributed by atoms with van der Waals surface area (Å²) in [6.07, 6.45) is 6.27. The van der Waals surface area contributed by atoms with Crippen molar-refractivity contribution >= 4 is 30.1 Å². The highest BCUT2D eigenvalue weighted by molar-refractivity contribution is 7.90. The first-order valence-corrected chi connectivity index (χ1v) is 16.0. The Balaban J connectivity index is 1.85. The second kappa shape index (κ2) is 10.7. The van der Waals surface area contributed by atoms with Crippen LogP contribution in [0.3, 0.4) is 0 Å². The van der Waals surface area contributed by atoms with Crippen LogP contribution >= 0.6 is 0 Å². The Morgan fingerprint density at radius 1 is 0.359 bits per heavy atom. The molecule has 0 atom stereocenters. The Labute approximate surface area is 229 Å². The largest absolute Gasteiger partial charge is 0.267 e. The number of hydrogen-bond acceptors (Lipinski definition) is 6. The van der Waals surface area contributed by atoms with E-state index in [0.717, 1.165) is 66.8 Å². The van der Waals surface area contributed by atoms with Gasteiger partial charge in [-0.2, -0.15) is 0 Å². The molecule has 0 spiro atoms. The molecule has 4 rings (SSSR count). The summed E-state index contributed by atoms with van der Waals surface area (Å²) in [5, 5.41) is 0.